The summed E-state index contributed by atoms with van der Waals surface area (Å²) >= 11 is 0. The molecule has 1 aliphatic heterocycles. The van der Waals surface area contributed by atoms with E-state index in [1.807, 2.05) is 12.1 Å². The molecule has 1 amide bonds. The summed E-state index contributed by atoms with van der Waals surface area (Å²) in [7, 11) is 1.58. The summed E-state index contributed by atoms with van der Waals surface area (Å²) in [6.07, 6.45) is 5.02. The van der Waals surface area contributed by atoms with Crippen molar-refractivity contribution in [1.82, 2.24) is 14.9 Å². The van der Waals surface area contributed by atoms with Crippen molar-refractivity contribution in [2.75, 3.05) is 20.2 Å². The molecule has 1 saturated heterocycles. The van der Waals surface area contributed by atoms with Gasteiger partial charge in [0.1, 0.15) is 17.3 Å². The van der Waals surface area contributed by atoms with Crippen molar-refractivity contribution in [3.05, 3.63) is 125 Å². The van der Waals surface area contributed by atoms with Gasteiger partial charge in [-0.3, -0.25) is 24.4 Å². The van der Waals surface area contributed by atoms with E-state index in [2.05, 4.69) is 9.97 Å². The van der Waals surface area contributed by atoms with Crippen molar-refractivity contribution >= 4 is 17.5 Å². The molecule has 208 valence electrons. The van der Waals surface area contributed by atoms with E-state index < -0.39 is 0 Å². The van der Waals surface area contributed by atoms with Crippen LogP contribution in [0.3, 0.4) is 0 Å². The zero-order valence-electron chi connectivity index (χ0n) is 22.8. The van der Waals surface area contributed by atoms with Gasteiger partial charge in [-0.25, -0.2) is 4.39 Å². The number of hydrogen-bond donors (Lipinski definition) is 0. The third kappa shape index (κ3) is 6.90. The number of methoxy groups -OCH3 is 1. The SMILES string of the molecule is COc1ccc(C(=O)C2CCN(C(=O)c3ccc(C(=O)Cc4ccc(Cc5ccc(F)cc5)nc4)cn3)CC2)cc1. The summed E-state index contributed by atoms with van der Waals surface area (Å²) in [5, 5.41) is 0. The minimum atomic E-state index is -0.276. The Morgan fingerprint density at radius 1 is 0.829 bits per heavy atom. The van der Waals surface area contributed by atoms with E-state index in [0.29, 0.717) is 49.2 Å². The van der Waals surface area contributed by atoms with Crippen molar-refractivity contribution in [3.63, 3.8) is 0 Å². The molecule has 0 aliphatic carbocycles. The van der Waals surface area contributed by atoms with Crippen LogP contribution in [-0.2, 0) is 12.8 Å². The molecule has 3 heterocycles. The van der Waals surface area contributed by atoms with Crippen molar-refractivity contribution in [2.45, 2.75) is 25.7 Å². The van der Waals surface area contributed by atoms with Crippen LogP contribution in [0.25, 0.3) is 0 Å². The average molecular weight is 552 g/mol. The van der Waals surface area contributed by atoms with Crippen LogP contribution in [0.5, 0.6) is 5.75 Å². The van der Waals surface area contributed by atoms with Crippen molar-refractivity contribution < 1.29 is 23.5 Å². The molecule has 41 heavy (non-hydrogen) atoms. The highest BCUT2D eigenvalue weighted by Crippen LogP contribution is 2.24. The lowest BCUT2D eigenvalue weighted by Crippen LogP contribution is -2.40. The van der Waals surface area contributed by atoms with Gasteiger partial charge in [0.15, 0.2) is 11.6 Å². The maximum atomic E-state index is 13.1. The number of piperidine rings is 1. The standard InChI is InChI=1S/C33H30FN3O4/c1-41-29-11-5-24(6-12-29)32(39)25-14-16-37(17-15-25)33(40)30-13-7-26(21-36-30)31(38)19-23-4-10-28(35-20-23)18-22-2-8-27(34)9-3-22/h2-13,20-21,25H,14-19H2,1H3. The first-order valence-electron chi connectivity index (χ1n) is 13.5. The Bertz CT molecular complexity index is 1510. The third-order valence-electron chi connectivity index (χ3n) is 7.38. The number of ketones is 2. The lowest BCUT2D eigenvalue weighted by molar-refractivity contribution is 0.0645. The van der Waals surface area contributed by atoms with E-state index in [0.717, 1.165) is 16.8 Å². The first-order chi connectivity index (χ1) is 19.9. The van der Waals surface area contributed by atoms with Crippen LogP contribution < -0.4 is 4.74 Å². The second-order valence-electron chi connectivity index (χ2n) is 10.2. The van der Waals surface area contributed by atoms with E-state index >= 15 is 0 Å². The van der Waals surface area contributed by atoms with Crippen LogP contribution in [0.15, 0.2) is 85.2 Å². The molecule has 2 aromatic carbocycles. The molecular formula is C33H30FN3O4. The molecule has 0 bridgehead atoms. The number of rotatable bonds is 9. The van der Waals surface area contributed by atoms with Crippen LogP contribution >= 0.6 is 0 Å². The van der Waals surface area contributed by atoms with Gasteiger partial charge < -0.3 is 9.64 Å². The summed E-state index contributed by atoms with van der Waals surface area (Å²) in [5.41, 5.74) is 3.88. The Hall–Kier alpha value is -4.72. The Balaban J connectivity index is 1.12. The summed E-state index contributed by atoms with van der Waals surface area (Å²) in [6.45, 7) is 0.940. The molecule has 0 unspecified atom stereocenters. The highest BCUT2D eigenvalue weighted by Gasteiger charge is 2.29. The molecular weight excluding hydrogens is 521 g/mol. The zero-order chi connectivity index (χ0) is 28.8. The number of ether oxygens (including phenoxy) is 1. The van der Waals surface area contributed by atoms with E-state index in [-0.39, 0.29) is 41.3 Å². The maximum Gasteiger partial charge on any atom is 0.272 e. The molecule has 0 spiro atoms. The Morgan fingerprint density at radius 3 is 2.12 bits per heavy atom. The fourth-order valence-corrected chi connectivity index (χ4v) is 4.95. The number of carbonyl (C=O) groups excluding carboxylic acids is 3. The monoisotopic (exact) mass is 551 g/mol. The molecule has 5 rings (SSSR count). The number of nitrogens with zero attached hydrogens (tertiary/aromatic N) is 3. The number of carbonyl (C=O) groups is 3. The van der Waals surface area contributed by atoms with Crippen molar-refractivity contribution in [3.8, 4) is 5.75 Å². The van der Waals surface area contributed by atoms with Crippen molar-refractivity contribution in [2.24, 2.45) is 5.92 Å². The lowest BCUT2D eigenvalue weighted by atomic mass is 9.88. The smallest absolute Gasteiger partial charge is 0.272 e. The molecule has 2 aromatic heterocycles. The number of benzene rings is 2. The number of halogens is 1. The fourth-order valence-electron chi connectivity index (χ4n) is 4.95. The number of hydrogen-bond acceptors (Lipinski definition) is 6. The van der Waals surface area contributed by atoms with Crippen LogP contribution in [0.2, 0.25) is 0 Å². The van der Waals surface area contributed by atoms with Crippen LogP contribution in [-0.4, -0.2) is 52.5 Å². The molecule has 7 nitrogen and oxygen atoms in total. The second-order valence-corrected chi connectivity index (χ2v) is 10.2. The first kappa shape index (κ1) is 27.8. The predicted molar refractivity (Wildman–Crippen MR) is 152 cm³/mol. The summed E-state index contributed by atoms with van der Waals surface area (Å²) in [5.74, 6) is 0.0439. The molecule has 4 aromatic rings. The quantitative estimate of drug-likeness (QED) is 0.260. The minimum Gasteiger partial charge on any atom is -0.497 e. The van der Waals surface area contributed by atoms with Gasteiger partial charge in [-0.05, 0) is 78.6 Å². The highest BCUT2D eigenvalue weighted by atomic mass is 19.1. The molecule has 0 radical (unpaired) electrons. The zero-order valence-corrected chi connectivity index (χ0v) is 22.8. The van der Waals surface area contributed by atoms with Gasteiger partial charge >= 0.3 is 0 Å². The van der Waals surface area contributed by atoms with Crippen molar-refractivity contribution in [1.29, 1.82) is 0 Å². The Labute approximate surface area is 238 Å². The molecule has 1 fully saturated rings. The summed E-state index contributed by atoms with van der Waals surface area (Å²) in [4.78, 5) is 49.1. The van der Waals surface area contributed by atoms with Crippen LogP contribution in [0.1, 0.15) is 60.9 Å². The lowest BCUT2D eigenvalue weighted by Gasteiger charge is -2.31. The van der Waals surface area contributed by atoms with Gasteiger partial charge in [-0.15, -0.1) is 0 Å². The van der Waals surface area contributed by atoms with E-state index in [1.54, 1.807) is 66.7 Å². The average Bonchev–Trinajstić information content (AvgIpc) is 3.02. The number of pyridine rings is 2. The van der Waals surface area contributed by atoms with Crippen LogP contribution in [0.4, 0.5) is 4.39 Å². The number of aromatic nitrogens is 2. The molecule has 0 saturated carbocycles. The molecule has 8 heteroatoms. The Morgan fingerprint density at radius 2 is 1.51 bits per heavy atom. The summed E-state index contributed by atoms with van der Waals surface area (Å²) < 4.78 is 18.3. The van der Waals surface area contributed by atoms with Crippen LogP contribution in [0, 0.1) is 11.7 Å². The van der Waals surface area contributed by atoms with Gasteiger partial charge in [0.05, 0.1) is 7.11 Å². The topological polar surface area (TPSA) is 89.5 Å². The largest absolute Gasteiger partial charge is 0.497 e. The molecule has 0 N–H and O–H groups in total. The van der Waals surface area contributed by atoms with Gasteiger partial charge in [-0.2, -0.15) is 0 Å². The third-order valence-corrected chi connectivity index (χ3v) is 7.38. The number of likely N-dealkylation sites (tertiary alicyclic amines) is 1. The fraction of sp³-hybridized carbons (Fsp3) is 0.242. The van der Waals surface area contributed by atoms with Gasteiger partial charge in [0.25, 0.3) is 5.91 Å². The van der Waals surface area contributed by atoms with E-state index in [9.17, 15) is 18.8 Å². The molecule has 0 atom stereocenters. The number of amides is 1. The normalized spacial score (nSPS) is 13.6. The first-order valence-corrected chi connectivity index (χ1v) is 13.5. The molecule has 1 aliphatic rings. The van der Waals surface area contributed by atoms with E-state index in [1.165, 1.54) is 18.3 Å². The van der Waals surface area contributed by atoms with Gasteiger partial charge in [-0.1, -0.05) is 18.2 Å². The van der Waals surface area contributed by atoms with E-state index in [4.69, 9.17) is 4.74 Å². The van der Waals surface area contributed by atoms with Gasteiger partial charge in [0, 0.05) is 61.1 Å². The number of Topliss-reactive ketones (excluding diaryl/α,β-unsaturated/α-hetero) is 2. The highest BCUT2D eigenvalue weighted by molar-refractivity contribution is 5.99. The summed E-state index contributed by atoms with van der Waals surface area (Å²) in [6, 6.07) is 20.3. The predicted octanol–water partition coefficient (Wildman–Crippen LogP) is 5.38. The second kappa shape index (κ2) is 12.6. The maximum absolute atomic E-state index is 13.1. The Kier molecular flexibility index (Phi) is 8.58. The minimum absolute atomic E-state index is 0.0819. The van der Waals surface area contributed by atoms with Gasteiger partial charge in [0.2, 0.25) is 0 Å².